The average Bonchev–Trinajstić information content (AvgIpc) is 2.67. The fraction of sp³-hybridized carbons (Fsp3) is 0.333. The van der Waals surface area contributed by atoms with E-state index in [-0.39, 0.29) is 30.1 Å². The second-order valence-corrected chi connectivity index (χ2v) is 7.41. The molecule has 2 amide bonds. The minimum absolute atomic E-state index is 0. The third kappa shape index (κ3) is 5.47. The van der Waals surface area contributed by atoms with E-state index in [0.717, 1.165) is 16.8 Å². The van der Waals surface area contributed by atoms with E-state index in [1.807, 2.05) is 48.5 Å². The lowest BCUT2D eigenvalue weighted by molar-refractivity contribution is -0.135. The van der Waals surface area contributed by atoms with Crippen LogP contribution in [0.25, 0.3) is 11.1 Å². The van der Waals surface area contributed by atoms with Gasteiger partial charge in [0.25, 0.3) is 0 Å². The summed E-state index contributed by atoms with van der Waals surface area (Å²) in [6.07, 6.45) is 1.30. The molecule has 1 saturated heterocycles. The second-order valence-electron chi connectivity index (χ2n) is 6.97. The number of hydrogen-bond acceptors (Lipinski definition) is 3. The van der Waals surface area contributed by atoms with Crippen molar-refractivity contribution in [2.45, 2.75) is 25.8 Å². The number of hydrogen-bond donors (Lipinski definition) is 2. The molecule has 5 nitrogen and oxygen atoms in total. The lowest BCUT2D eigenvalue weighted by Gasteiger charge is -2.32. The van der Waals surface area contributed by atoms with E-state index in [4.69, 9.17) is 17.3 Å². The summed E-state index contributed by atoms with van der Waals surface area (Å²) < 4.78 is 0. The molecular weight excluding hydrogens is 397 g/mol. The molecule has 0 aromatic heterocycles. The minimum Gasteiger partial charge on any atom is -0.341 e. The summed E-state index contributed by atoms with van der Waals surface area (Å²) in [6.45, 7) is 2.83. The molecule has 7 heteroatoms. The fourth-order valence-electron chi connectivity index (χ4n) is 3.34. The predicted molar refractivity (Wildman–Crippen MR) is 116 cm³/mol. The molecule has 1 aliphatic heterocycles. The summed E-state index contributed by atoms with van der Waals surface area (Å²) >= 11 is 6.07. The van der Waals surface area contributed by atoms with Gasteiger partial charge in [-0.05, 0) is 55.2 Å². The smallest absolute Gasteiger partial charge is 0.239 e. The maximum absolute atomic E-state index is 12.6. The largest absolute Gasteiger partial charge is 0.341 e. The van der Waals surface area contributed by atoms with Gasteiger partial charge < -0.3 is 16.0 Å². The maximum Gasteiger partial charge on any atom is 0.239 e. The lowest BCUT2D eigenvalue weighted by Crippen LogP contribution is -2.47. The van der Waals surface area contributed by atoms with Crippen molar-refractivity contribution in [3.05, 3.63) is 53.6 Å². The Labute approximate surface area is 176 Å². The van der Waals surface area contributed by atoms with Crippen molar-refractivity contribution in [1.29, 1.82) is 0 Å². The van der Waals surface area contributed by atoms with Gasteiger partial charge in [0, 0.05) is 29.7 Å². The van der Waals surface area contributed by atoms with Crippen molar-refractivity contribution in [1.82, 2.24) is 4.90 Å². The molecule has 3 N–H and O–H groups in total. The average molecular weight is 422 g/mol. The van der Waals surface area contributed by atoms with Gasteiger partial charge in [-0.15, -0.1) is 12.4 Å². The summed E-state index contributed by atoms with van der Waals surface area (Å²) in [5.74, 6) is -0.161. The van der Waals surface area contributed by atoms with Gasteiger partial charge in [-0.1, -0.05) is 35.9 Å². The fourth-order valence-corrected chi connectivity index (χ4v) is 3.53. The third-order valence-electron chi connectivity index (χ3n) is 4.86. The predicted octanol–water partition coefficient (Wildman–Crippen LogP) is 3.95. The number of nitrogens with two attached hydrogens (primary N) is 1. The van der Waals surface area contributed by atoms with Gasteiger partial charge >= 0.3 is 0 Å². The topological polar surface area (TPSA) is 75.4 Å². The van der Waals surface area contributed by atoms with Crippen LogP contribution in [-0.2, 0) is 9.59 Å². The summed E-state index contributed by atoms with van der Waals surface area (Å²) in [7, 11) is 0. The van der Waals surface area contributed by atoms with Crippen molar-refractivity contribution in [2.75, 3.05) is 18.4 Å². The first-order chi connectivity index (χ1) is 12.9. The third-order valence-corrected chi connectivity index (χ3v) is 5.09. The molecule has 0 radical (unpaired) electrons. The van der Waals surface area contributed by atoms with Gasteiger partial charge in [0.05, 0.1) is 6.04 Å². The van der Waals surface area contributed by atoms with Gasteiger partial charge in [-0.2, -0.15) is 0 Å². The molecule has 0 spiro atoms. The summed E-state index contributed by atoms with van der Waals surface area (Å²) in [6, 6.07) is 14.8. The molecule has 2 aromatic carbocycles. The van der Waals surface area contributed by atoms with E-state index in [1.54, 1.807) is 11.8 Å². The molecule has 0 saturated carbocycles. The van der Waals surface area contributed by atoms with Gasteiger partial charge in [-0.3, -0.25) is 9.59 Å². The molecule has 0 bridgehead atoms. The number of halogens is 2. The monoisotopic (exact) mass is 421 g/mol. The van der Waals surface area contributed by atoms with Crippen LogP contribution in [-0.4, -0.2) is 35.8 Å². The Morgan fingerprint density at radius 2 is 1.71 bits per heavy atom. The molecule has 1 fully saturated rings. The van der Waals surface area contributed by atoms with Crippen LogP contribution < -0.4 is 11.1 Å². The minimum atomic E-state index is -0.496. The molecule has 28 heavy (non-hydrogen) atoms. The second kappa shape index (κ2) is 9.92. The van der Waals surface area contributed by atoms with Crippen molar-refractivity contribution < 1.29 is 9.59 Å². The van der Waals surface area contributed by atoms with E-state index < -0.39 is 6.04 Å². The van der Waals surface area contributed by atoms with E-state index in [2.05, 4.69) is 5.32 Å². The van der Waals surface area contributed by atoms with E-state index >= 15 is 0 Å². The Hall–Kier alpha value is -2.08. The first kappa shape index (κ1) is 22.2. The molecular formula is C21H25Cl2N3O2. The van der Waals surface area contributed by atoms with Crippen LogP contribution in [0.2, 0.25) is 5.02 Å². The number of nitrogens with one attached hydrogen (secondary N) is 1. The van der Waals surface area contributed by atoms with Crippen LogP contribution in [0.4, 0.5) is 5.69 Å². The van der Waals surface area contributed by atoms with Crippen molar-refractivity contribution in [2.24, 2.45) is 11.7 Å². The van der Waals surface area contributed by atoms with Crippen LogP contribution in [0.5, 0.6) is 0 Å². The molecule has 1 aliphatic rings. The zero-order valence-corrected chi connectivity index (χ0v) is 17.3. The Morgan fingerprint density at radius 3 is 2.32 bits per heavy atom. The summed E-state index contributed by atoms with van der Waals surface area (Å²) in [5.41, 5.74) is 8.41. The molecule has 1 atom stereocenters. The standard InChI is InChI=1S/C21H24ClN3O2.ClH/c1-14(23)21(27)25-10-8-15(9-11-25)20(26)24-19-7-3-5-17(13-19)16-4-2-6-18(22)12-16;/h2-7,12-15H,8-11,23H2,1H3,(H,24,26);1H/t14-;/m1./s1. The highest BCUT2D eigenvalue weighted by atomic mass is 35.5. The quantitative estimate of drug-likeness (QED) is 0.784. The lowest BCUT2D eigenvalue weighted by atomic mass is 9.95. The molecule has 150 valence electrons. The molecule has 2 aromatic rings. The number of rotatable bonds is 4. The van der Waals surface area contributed by atoms with Gasteiger partial charge in [0.2, 0.25) is 11.8 Å². The van der Waals surface area contributed by atoms with Crippen molar-refractivity contribution >= 4 is 41.5 Å². The number of likely N-dealkylation sites (tertiary alicyclic amines) is 1. The molecule has 1 heterocycles. The molecule has 0 aliphatic carbocycles. The van der Waals surface area contributed by atoms with E-state index in [0.29, 0.717) is 31.0 Å². The van der Waals surface area contributed by atoms with Crippen LogP contribution >= 0.6 is 24.0 Å². The Balaban J connectivity index is 0.00000280. The number of anilines is 1. The number of nitrogens with zero attached hydrogens (tertiary/aromatic N) is 1. The van der Waals surface area contributed by atoms with Crippen LogP contribution in [0.3, 0.4) is 0 Å². The number of piperidine rings is 1. The van der Waals surface area contributed by atoms with Crippen LogP contribution in [0.1, 0.15) is 19.8 Å². The maximum atomic E-state index is 12.6. The zero-order chi connectivity index (χ0) is 19.4. The molecule has 3 rings (SSSR count). The van der Waals surface area contributed by atoms with Crippen LogP contribution in [0, 0.1) is 5.92 Å². The SMILES string of the molecule is C[C@@H](N)C(=O)N1CCC(C(=O)Nc2cccc(-c3cccc(Cl)c3)c2)CC1.Cl. The summed E-state index contributed by atoms with van der Waals surface area (Å²) in [4.78, 5) is 26.3. The van der Waals surface area contributed by atoms with Gasteiger partial charge in [-0.25, -0.2) is 0 Å². The molecule has 0 unspecified atom stereocenters. The van der Waals surface area contributed by atoms with E-state index in [9.17, 15) is 9.59 Å². The number of carbonyl (C=O) groups excluding carboxylic acids is 2. The van der Waals surface area contributed by atoms with Gasteiger partial charge in [0.15, 0.2) is 0 Å². The first-order valence-electron chi connectivity index (χ1n) is 9.15. The zero-order valence-electron chi connectivity index (χ0n) is 15.7. The number of carbonyl (C=O) groups is 2. The van der Waals surface area contributed by atoms with Gasteiger partial charge in [0.1, 0.15) is 0 Å². The number of benzene rings is 2. The normalized spacial score (nSPS) is 15.5. The Kier molecular flexibility index (Phi) is 7.87. The Bertz CT molecular complexity index is 834. The van der Waals surface area contributed by atoms with E-state index in [1.165, 1.54) is 0 Å². The highest BCUT2D eigenvalue weighted by molar-refractivity contribution is 6.30. The Morgan fingerprint density at radius 1 is 1.11 bits per heavy atom. The first-order valence-corrected chi connectivity index (χ1v) is 9.53. The summed E-state index contributed by atoms with van der Waals surface area (Å²) in [5, 5.41) is 3.68. The van der Waals surface area contributed by atoms with Crippen molar-refractivity contribution in [3.8, 4) is 11.1 Å². The van der Waals surface area contributed by atoms with Crippen LogP contribution in [0.15, 0.2) is 48.5 Å². The van der Waals surface area contributed by atoms with Crippen molar-refractivity contribution in [3.63, 3.8) is 0 Å². The highest BCUT2D eigenvalue weighted by Gasteiger charge is 2.28. The highest BCUT2D eigenvalue weighted by Crippen LogP contribution is 2.26. The number of amides is 2.